The summed E-state index contributed by atoms with van der Waals surface area (Å²) in [5.41, 5.74) is 8.31. The van der Waals surface area contributed by atoms with Crippen LogP contribution in [0.3, 0.4) is 0 Å². The SMILES string of the molecule is CC(C)c1c(C(C)CCN)ccc2c1OCCO2. The first-order chi connectivity index (χ1) is 8.65. The molecule has 1 aliphatic heterocycles. The van der Waals surface area contributed by atoms with Crippen molar-refractivity contribution in [2.24, 2.45) is 5.73 Å². The highest BCUT2D eigenvalue weighted by Gasteiger charge is 2.23. The summed E-state index contributed by atoms with van der Waals surface area (Å²) in [6.07, 6.45) is 0.999. The van der Waals surface area contributed by atoms with Crippen LogP contribution >= 0.6 is 0 Å². The van der Waals surface area contributed by atoms with Gasteiger partial charge in [-0.2, -0.15) is 0 Å². The molecule has 0 fully saturated rings. The van der Waals surface area contributed by atoms with E-state index in [-0.39, 0.29) is 0 Å². The maximum atomic E-state index is 5.83. The van der Waals surface area contributed by atoms with Crippen molar-refractivity contribution in [3.63, 3.8) is 0 Å². The van der Waals surface area contributed by atoms with Gasteiger partial charge in [0.25, 0.3) is 0 Å². The van der Waals surface area contributed by atoms with Gasteiger partial charge in [0.2, 0.25) is 0 Å². The summed E-state index contributed by atoms with van der Waals surface area (Å²) in [6, 6.07) is 4.20. The van der Waals surface area contributed by atoms with Crippen LogP contribution in [0.1, 0.15) is 50.2 Å². The summed E-state index contributed by atoms with van der Waals surface area (Å²) in [4.78, 5) is 0. The lowest BCUT2D eigenvalue weighted by molar-refractivity contribution is 0.169. The minimum Gasteiger partial charge on any atom is -0.486 e. The zero-order chi connectivity index (χ0) is 13.1. The van der Waals surface area contributed by atoms with E-state index in [4.69, 9.17) is 15.2 Å². The molecule has 0 saturated carbocycles. The van der Waals surface area contributed by atoms with Crippen LogP contribution in [0.5, 0.6) is 11.5 Å². The highest BCUT2D eigenvalue weighted by atomic mass is 16.6. The Hall–Kier alpha value is -1.22. The van der Waals surface area contributed by atoms with Crippen LogP contribution in [0.4, 0.5) is 0 Å². The number of rotatable bonds is 4. The minimum atomic E-state index is 0.428. The third-order valence-corrected chi connectivity index (χ3v) is 3.49. The van der Waals surface area contributed by atoms with E-state index in [1.165, 1.54) is 11.1 Å². The lowest BCUT2D eigenvalue weighted by Gasteiger charge is -2.26. The molecule has 1 unspecified atom stereocenters. The minimum absolute atomic E-state index is 0.428. The molecule has 0 spiro atoms. The monoisotopic (exact) mass is 249 g/mol. The quantitative estimate of drug-likeness (QED) is 0.892. The Morgan fingerprint density at radius 3 is 2.56 bits per heavy atom. The van der Waals surface area contributed by atoms with Crippen LogP contribution < -0.4 is 15.2 Å². The Kier molecular flexibility index (Phi) is 4.12. The molecule has 1 aromatic rings. The van der Waals surface area contributed by atoms with Crippen LogP contribution in [0.25, 0.3) is 0 Å². The number of ether oxygens (including phenoxy) is 2. The van der Waals surface area contributed by atoms with Gasteiger partial charge in [0.1, 0.15) is 13.2 Å². The Labute approximate surface area is 109 Å². The molecule has 1 heterocycles. The second kappa shape index (κ2) is 5.61. The molecule has 3 heteroatoms. The highest BCUT2D eigenvalue weighted by Crippen LogP contribution is 2.42. The molecule has 0 aliphatic carbocycles. The first kappa shape index (κ1) is 13.2. The van der Waals surface area contributed by atoms with Crippen molar-refractivity contribution in [3.8, 4) is 11.5 Å². The van der Waals surface area contributed by atoms with Crippen LogP contribution in [-0.2, 0) is 0 Å². The summed E-state index contributed by atoms with van der Waals surface area (Å²) in [7, 11) is 0. The Morgan fingerprint density at radius 1 is 1.17 bits per heavy atom. The molecule has 18 heavy (non-hydrogen) atoms. The van der Waals surface area contributed by atoms with Gasteiger partial charge >= 0.3 is 0 Å². The molecular formula is C15H23NO2. The Balaban J connectivity index is 2.46. The number of nitrogens with two attached hydrogens (primary N) is 1. The first-order valence-corrected chi connectivity index (χ1v) is 6.77. The van der Waals surface area contributed by atoms with E-state index >= 15 is 0 Å². The van der Waals surface area contributed by atoms with E-state index in [9.17, 15) is 0 Å². The summed E-state index contributed by atoms with van der Waals surface area (Å²) < 4.78 is 11.5. The molecule has 1 atom stereocenters. The van der Waals surface area contributed by atoms with E-state index in [1.807, 2.05) is 6.07 Å². The van der Waals surface area contributed by atoms with Crippen LogP contribution in [0.15, 0.2) is 12.1 Å². The first-order valence-electron chi connectivity index (χ1n) is 6.77. The zero-order valence-electron chi connectivity index (χ0n) is 11.5. The van der Waals surface area contributed by atoms with Gasteiger partial charge in [0, 0.05) is 5.56 Å². The molecule has 1 aromatic carbocycles. The zero-order valence-corrected chi connectivity index (χ0v) is 11.5. The molecule has 1 aliphatic rings. The predicted molar refractivity (Wildman–Crippen MR) is 73.6 cm³/mol. The molecule has 0 bridgehead atoms. The summed E-state index contributed by atoms with van der Waals surface area (Å²) in [5.74, 6) is 2.71. The van der Waals surface area contributed by atoms with Crippen molar-refractivity contribution < 1.29 is 9.47 Å². The van der Waals surface area contributed by atoms with Crippen LogP contribution in [-0.4, -0.2) is 19.8 Å². The molecular weight excluding hydrogens is 226 g/mol. The maximum Gasteiger partial charge on any atom is 0.165 e. The van der Waals surface area contributed by atoms with E-state index in [0.717, 1.165) is 17.9 Å². The number of benzene rings is 1. The lowest BCUT2D eigenvalue weighted by atomic mass is 9.87. The van der Waals surface area contributed by atoms with Gasteiger partial charge in [-0.1, -0.05) is 26.8 Å². The fourth-order valence-electron chi connectivity index (χ4n) is 2.58. The molecule has 3 nitrogen and oxygen atoms in total. The molecule has 0 radical (unpaired) electrons. The summed E-state index contributed by atoms with van der Waals surface area (Å²) >= 11 is 0. The van der Waals surface area contributed by atoms with Crippen LogP contribution in [0, 0.1) is 0 Å². The van der Waals surface area contributed by atoms with Gasteiger partial charge in [-0.05, 0) is 36.4 Å². The molecule has 0 aromatic heterocycles. The molecule has 0 saturated heterocycles. The van der Waals surface area contributed by atoms with Crippen molar-refractivity contribution in [1.82, 2.24) is 0 Å². The molecule has 2 N–H and O–H groups in total. The lowest BCUT2D eigenvalue weighted by Crippen LogP contribution is -2.18. The fraction of sp³-hybridized carbons (Fsp3) is 0.600. The average Bonchev–Trinajstić information content (AvgIpc) is 2.37. The van der Waals surface area contributed by atoms with Crippen molar-refractivity contribution in [1.29, 1.82) is 0 Å². The van der Waals surface area contributed by atoms with E-state index in [0.29, 0.717) is 31.6 Å². The highest BCUT2D eigenvalue weighted by molar-refractivity contribution is 5.53. The largest absolute Gasteiger partial charge is 0.486 e. The van der Waals surface area contributed by atoms with Gasteiger partial charge in [0.15, 0.2) is 11.5 Å². The Bertz CT molecular complexity index is 415. The molecule has 0 amide bonds. The van der Waals surface area contributed by atoms with Gasteiger partial charge in [-0.15, -0.1) is 0 Å². The van der Waals surface area contributed by atoms with Gasteiger partial charge in [0.05, 0.1) is 0 Å². The third-order valence-electron chi connectivity index (χ3n) is 3.49. The van der Waals surface area contributed by atoms with E-state index in [2.05, 4.69) is 26.8 Å². The van der Waals surface area contributed by atoms with Crippen molar-refractivity contribution in [2.45, 2.75) is 39.0 Å². The topological polar surface area (TPSA) is 44.5 Å². The fourth-order valence-corrected chi connectivity index (χ4v) is 2.58. The van der Waals surface area contributed by atoms with Gasteiger partial charge < -0.3 is 15.2 Å². The van der Waals surface area contributed by atoms with E-state index < -0.39 is 0 Å². The third kappa shape index (κ3) is 2.46. The molecule has 2 rings (SSSR count). The summed E-state index contributed by atoms with van der Waals surface area (Å²) in [6.45, 7) is 8.62. The second-order valence-corrected chi connectivity index (χ2v) is 5.23. The van der Waals surface area contributed by atoms with Crippen molar-refractivity contribution in [2.75, 3.05) is 19.8 Å². The number of hydrogen-bond donors (Lipinski definition) is 1. The summed E-state index contributed by atoms with van der Waals surface area (Å²) in [5, 5.41) is 0. The van der Waals surface area contributed by atoms with Crippen LogP contribution in [0.2, 0.25) is 0 Å². The van der Waals surface area contributed by atoms with E-state index in [1.54, 1.807) is 0 Å². The van der Waals surface area contributed by atoms with Gasteiger partial charge in [-0.3, -0.25) is 0 Å². The van der Waals surface area contributed by atoms with Crippen molar-refractivity contribution >= 4 is 0 Å². The average molecular weight is 249 g/mol. The standard InChI is InChI=1S/C15H23NO2/c1-10(2)14-12(11(3)6-7-16)4-5-13-15(14)18-9-8-17-13/h4-5,10-11H,6-9,16H2,1-3H3. The molecule has 100 valence electrons. The second-order valence-electron chi connectivity index (χ2n) is 5.23. The maximum absolute atomic E-state index is 5.83. The smallest absolute Gasteiger partial charge is 0.165 e. The van der Waals surface area contributed by atoms with Crippen molar-refractivity contribution in [3.05, 3.63) is 23.3 Å². The predicted octanol–water partition coefficient (Wildman–Crippen LogP) is 3.03. The normalized spacial score (nSPS) is 15.8. The van der Waals surface area contributed by atoms with Gasteiger partial charge in [-0.25, -0.2) is 0 Å². The Morgan fingerprint density at radius 2 is 1.89 bits per heavy atom. The number of hydrogen-bond acceptors (Lipinski definition) is 3. The number of fused-ring (bicyclic) bond motifs is 1.